The van der Waals surface area contributed by atoms with Crippen molar-refractivity contribution in [3.63, 3.8) is 0 Å². The summed E-state index contributed by atoms with van der Waals surface area (Å²) >= 11 is 0. The normalized spacial score (nSPS) is 11.6. The average molecular weight is 366 g/mol. The predicted octanol–water partition coefficient (Wildman–Crippen LogP) is 3.49. The standard InChI is InChI=1S/C15H21F2NO3Si.ClH/c1-5-21-14(20)15(16,17)13(19)11-6-10(7-12(18)8-11)9-22(2,3)4;/h6-8H,5,9,18H2,1-4H3;1H. The van der Waals surface area contributed by atoms with Crippen molar-refractivity contribution in [1.82, 2.24) is 0 Å². The molecule has 0 spiro atoms. The number of benzene rings is 1. The fourth-order valence-corrected chi connectivity index (χ4v) is 3.49. The number of nitrogen functional groups attached to an aromatic ring is 1. The fraction of sp³-hybridized carbons (Fsp3) is 0.467. The summed E-state index contributed by atoms with van der Waals surface area (Å²) < 4.78 is 31.9. The molecule has 0 aromatic heterocycles. The van der Waals surface area contributed by atoms with Gasteiger partial charge in [-0.05, 0) is 36.7 Å². The Hall–Kier alpha value is -1.47. The molecule has 1 rings (SSSR count). The first-order valence-corrected chi connectivity index (χ1v) is 10.7. The van der Waals surface area contributed by atoms with Crippen LogP contribution in [-0.4, -0.2) is 32.4 Å². The van der Waals surface area contributed by atoms with Crippen molar-refractivity contribution < 1.29 is 23.1 Å². The van der Waals surface area contributed by atoms with Crippen molar-refractivity contribution in [2.45, 2.75) is 38.5 Å². The molecule has 0 amide bonds. The Morgan fingerprint density at radius 3 is 2.26 bits per heavy atom. The zero-order valence-corrected chi connectivity index (χ0v) is 15.4. The molecular formula is C15H22ClF2NO3Si. The number of esters is 1. The van der Waals surface area contributed by atoms with E-state index < -0.39 is 25.7 Å². The lowest BCUT2D eigenvalue weighted by molar-refractivity contribution is -0.164. The van der Waals surface area contributed by atoms with Gasteiger partial charge < -0.3 is 10.5 Å². The van der Waals surface area contributed by atoms with Crippen molar-refractivity contribution in [1.29, 1.82) is 0 Å². The molecule has 0 atom stereocenters. The molecule has 23 heavy (non-hydrogen) atoms. The molecule has 0 heterocycles. The van der Waals surface area contributed by atoms with Crippen LogP contribution in [0.5, 0.6) is 0 Å². The minimum Gasteiger partial charge on any atom is -0.461 e. The third-order valence-electron chi connectivity index (χ3n) is 2.83. The number of nitrogens with two attached hydrogens (primary N) is 1. The molecule has 2 N–H and O–H groups in total. The van der Waals surface area contributed by atoms with Gasteiger partial charge in [0.1, 0.15) is 0 Å². The largest absolute Gasteiger partial charge is 0.461 e. The molecule has 130 valence electrons. The van der Waals surface area contributed by atoms with Crippen molar-refractivity contribution in [3.8, 4) is 0 Å². The van der Waals surface area contributed by atoms with Crippen molar-refractivity contribution in [3.05, 3.63) is 29.3 Å². The maximum Gasteiger partial charge on any atom is 0.404 e. The topological polar surface area (TPSA) is 69.4 Å². The smallest absolute Gasteiger partial charge is 0.404 e. The molecule has 1 aromatic rings. The molecule has 0 radical (unpaired) electrons. The van der Waals surface area contributed by atoms with Gasteiger partial charge in [0.25, 0.3) is 0 Å². The van der Waals surface area contributed by atoms with Crippen LogP contribution in [0.2, 0.25) is 19.6 Å². The first-order valence-electron chi connectivity index (χ1n) is 6.96. The Bertz CT molecular complexity index is 589. The highest BCUT2D eigenvalue weighted by atomic mass is 35.5. The lowest BCUT2D eigenvalue weighted by Gasteiger charge is -2.18. The summed E-state index contributed by atoms with van der Waals surface area (Å²) in [6, 6.07) is 4.90. The van der Waals surface area contributed by atoms with Gasteiger partial charge in [0.05, 0.1) is 6.61 Å². The Balaban J connectivity index is 0.00000484. The SMILES string of the molecule is CCOC(=O)C(F)(F)C(=O)c1cc(N)cc(C[Si](C)(C)C)c1.Cl. The number of halogens is 3. The van der Waals surface area contributed by atoms with E-state index in [4.69, 9.17) is 5.73 Å². The van der Waals surface area contributed by atoms with Crippen molar-refractivity contribution in [2.24, 2.45) is 0 Å². The second kappa shape index (κ2) is 7.87. The number of Topliss-reactive ketones (excluding diaryl/α,β-unsaturated/α-hetero) is 1. The van der Waals surface area contributed by atoms with Crippen molar-refractivity contribution >= 4 is 37.9 Å². The summed E-state index contributed by atoms with van der Waals surface area (Å²) in [6.45, 7) is 7.52. The number of hydrogen-bond donors (Lipinski definition) is 1. The van der Waals surface area contributed by atoms with Gasteiger partial charge in [-0.1, -0.05) is 19.6 Å². The van der Waals surface area contributed by atoms with E-state index in [1.54, 1.807) is 6.07 Å². The molecule has 8 heteroatoms. The summed E-state index contributed by atoms with van der Waals surface area (Å²) in [5.41, 5.74) is 6.37. The van der Waals surface area contributed by atoms with Gasteiger partial charge in [-0.3, -0.25) is 4.79 Å². The van der Waals surface area contributed by atoms with Gasteiger partial charge in [0.15, 0.2) is 0 Å². The van der Waals surface area contributed by atoms with Gasteiger partial charge >= 0.3 is 11.9 Å². The number of ketones is 1. The molecule has 0 bridgehead atoms. The van der Waals surface area contributed by atoms with Gasteiger partial charge in [0, 0.05) is 19.3 Å². The van der Waals surface area contributed by atoms with Crippen LogP contribution in [0.1, 0.15) is 22.8 Å². The zero-order chi connectivity index (χ0) is 17.1. The van der Waals surface area contributed by atoms with Crippen LogP contribution in [0.3, 0.4) is 0 Å². The second-order valence-electron chi connectivity index (χ2n) is 6.32. The Morgan fingerprint density at radius 2 is 1.78 bits per heavy atom. The Labute approximate surface area is 141 Å². The van der Waals surface area contributed by atoms with Crippen LogP contribution in [0.15, 0.2) is 18.2 Å². The maximum absolute atomic E-state index is 13.8. The van der Waals surface area contributed by atoms with Gasteiger partial charge in [-0.25, -0.2) is 4.79 Å². The fourth-order valence-electron chi connectivity index (χ4n) is 2.06. The molecule has 0 unspecified atom stereocenters. The molecular weight excluding hydrogens is 344 g/mol. The summed E-state index contributed by atoms with van der Waals surface area (Å²) in [5, 5.41) is 0. The zero-order valence-electron chi connectivity index (χ0n) is 13.6. The van der Waals surface area contributed by atoms with E-state index in [1.807, 2.05) is 0 Å². The number of carbonyl (C=O) groups is 2. The quantitative estimate of drug-likeness (QED) is 0.275. The van der Waals surface area contributed by atoms with Crippen LogP contribution in [0.4, 0.5) is 14.5 Å². The highest BCUT2D eigenvalue weighted by Crippen LogP contribution is 2.25. The number of rotatable bonds is 6. The monoisotopic (exact) mass is 365 g/mol. The molecule has 0 saturated carbocycles. The number of alkyl halides is 2. The van der Waals surface area contributed by atoms with E-state index in [0.717, 1.165) is 11.6 Å². The van der Waals surface area contributed by atoms with E-state index >= 15 is 0 Å². The molecule has 1 aromatic carbocycles. The molecule has 0 aliphatic heterocycles. The van der Waals surface area contributed by atoms with Gasteiger partial charge in [-0.2, -0.15) is 8.78 Å². The predicted molar refractivity (Wildman–Crippen MR) is 91.1 cm³/mol. The van der Waals surface area contributed by atoms with Crippen molar-refractivity contribution in [2.75, 3.05) is 12.3 Å². The first-order chi connectivity index (χ1) is 9.97. The minimum absolute atomic E-state index is 0. The average Bonchev–Trinajstić information content (AvgIpc) is 2.35. The van der Waals surface area contributed by atoms with Crippen LogP contribution in [-0.2, 0) is 15.6 Å². The third-order valence-corrected chi connectivity index (χ3v) is 4.30. The summed E-state index contributed by atoms with van der Waals surface area (Å²) in [7, 11) is -1.51. The number of anilines is 1. The lowest BCUT2D eigenvalue weighted by Crippen LogP contribution is -2.39. The van der Waals surface area contributed by atoms with E-state index in [9.17, 15) is 18.4 Å². The van der Waals surface area contributed by atoms with Crippen LogP contribution < -0.4 is 5.73 Å². The first kappa shape index (κ1) is 21.5. The highest BCUT2D eigenvalue weighted by Gasteiger charge is 2.49. The molecule has 0 fully saturated rings. The number of carbonyl (C=O) groups excluding carboxylic acids is 2. The number of hydrogen-bond acceptors (Lipinski definition) is 4. The number of ether oxygens (including phenoxy) is 1. The van der Waals surface area contributed by atoms with E-state index in [0.29, 0.717) is 6.04 Å². The maximum atomic E-state index is 13.8. The molecule has 4 nitrogen and oxygen atoms in total. The highest BCUT2D eigenvalue weighted by molar-refractivity contribution is 6.75. The summed E-state index contributed by atoms with van der Waals surface area (Å²) in [5.74, 6) is -7.63. The van der Waals surface area contributed by atoms with E-state index in [2.05, 4.69) is 24.4 Å². The van der Waals surface area contributed by atoms with E-state index in [1.165, 1.54) is 13.0 Å². The molecule has 0 saturated heterocycles. The second-order valence-corrected chi connectivity index (χ2v) is 11.8. The molecule has 0 aliphatic carbocycles. The Kier molecular flexibility index (Phi) is 7.37. The van der Waals surface area contributed by atoms with E-state index in [-0.39, 0.29) is 30.3 Å². The van der Waals surface area contributed by atoms with Gasteiger partial charge in [0.2, 0.25) is 5.78 Å². The summed E-state index contributed by atoms with van der Waals surface area (Å²) in [4.78, 5) is 23.2. The van der Waals surface area contributed by atoms with Crippen LogP contribution in [0.25, 0.3) is 0 Å². The molecule has 0 aliphatic rings. The van der Waals surface area contributed by atoms with Gasteiger partial charge in [-0.15, -0.1) is 12.4 Å². The van der Waals surface area contributed by atoms with Crippen LogP contribution in [0, 0.1) is 0 Å². The minimum atomic E-state index is -4.21. The lowest BCUT2D eigenvalue weighted by atomic mass is 10.0. The third kappa shape index (κ3) is 5.91. The Morgan fingerprint density at radius 1 is 1.22 bits per heavy atom. The summed E-state index contributed by atoms with van der Waals surface area (Å²) in [6.07, 6.45) is 0. The van der Waals surface area contributed by atoms with Crippen LogP contribution >= 0.6 is 12.4 Å².